The van der Waals surface area contributed by atoms with Crippen molar-refractivity contribution in [2.24, 2.45) is 5.92 Å². The van der Waals surface area contributed by atoms with Crippen molar-refractivity contribution in [3.63, 3.8) is 0 Å². The van der Waals surface area contributed by atoms with E-state index in [-0.39, 0.29) is 47.1 Å². The molecule has 1 saturated carbocycles. The molecule has 174 valence electrons. The number of esters is 1. The molecule has 9 heteroatoms. The normalized spacial score (nSPS) is 17.5. The molecule has 1 heterocycles. The Labute approximate surface area is 203 Å². The number of carbonyl (C=O) groups excluding carboxylic acids is 1. The van der Waals surface area contributed by atoms with Gasteiger partial charge in [0.25, 0.3) is 0 Å². The topological polar surface area (TPSA) is 84.2 Å². The van der Waals surface area contributed by atoms with Crippen molar-refractivity contribution < 1.29 is 28.2 Å². The van der Waals surface area contributed by atoms with Crippen LogP contribution in [0, 0.1) is 5.92 Å². The Hall–Kier alpha value is -2.55. The van der Waals surface area contributed by atoms with Crippen molar-refractivity contribution in [1.82, 2.24) is 0 Å². The second kappa shape index (κ2) is 10.2. The standard InChI is InChI=1S/C24H22BrClO7/c1-29-23-20(27)17-4-3-5-18(26)21(17)33-22(23)16-7-6-14(25)12-19(16)32-9-8-31-15-10-13(11-15)24(28)30-2/h3-7,12-13,15H,8-11H2,1-2H3. The number of halogens is 2. The third-order valence-electron chi connectivity index (χ3n) is 5.54. The van der Waals surface area contributed by atoms with Crippen LogP contribution in [0.25, 0.3) is 22.3 Å². The smallest absolute Gasteiger partial charge is 0.308 e. The highest BCUT2D eigenvalue weighted by molar-refractivity contribution is 9.10. The van der Waals surface area contributed by atoms with E-state index in [1.807, 2.05) is 6.07 Å². The molecule has 1 aromatic heterocycles. The minimum atomic E-state index is -0.321. The Morgan fingerprint density at radius 2 is 1.97 bits per heavy atom. The first-order valence-electron chi connectivity index (χ1n) is 10.3. The van der Waals surface area contributed by atoms with Gasteiger partial charge in [0.15, 0.2) is 11.3 Å². The number of benzene rings is 2. The molecule has 4 rings (SSSR count). The van der Waals surface area contributed by atoms with Gasteiger partial charge in [-0.3, -0.25) is 9.59 Å². The van der Waals surface area contributed by atoms with Crippen LogP contribution in [0.3, 0.4) is 0 Å². The maximum atomic E-state index is 13.0. The van der Waals surface area contributed by atoms with Gasteiger partial charge in [-0.15, -0.1) is 0 Å². The van der Waals surface area contributed by atoms with Gasteiger partial charge in [0.05, 0.1) is 48.8 Å². The van der Waals surface area contributed by atoms with Crippen molar-refractivity contribution in [1.29, 1.82) is 0 Å². The summed E-state index contributed by atoms with van der Waals surface area (Å²) < 4.78 is 28.7. The summed E-state index contributed by atoms with van der Waals surface area (Å²) in [6, 6.07) is 10.4. The van der Waals surface area contributed by atoms with Crippen LogP contribution < -0.4 is 14.9 Å². The maximum Gasteiger partial charge on any atom is 0.308 e. The molecular formula is C24H22BrClO7. The van der Waals surface area contributed by atoms with Gasteiger partial charge in [0.2, 0.25) is 11.2 Å². The molecule has 0 amide bonds. The Balaban J connectivity index is 1.54. The van der Waals surface area contributed by atoms with Crippen LogP contribution in [-0.4, -0.2) is 39.5 Å². The SMILES string of the molecule is COC(=O)C1CC(OCCOc2cc(Br)ccc2-c2oc3c(Cl)cccc3c(=O)c2OC)C1. The predicted octanol–water partition coefficient (Wildman–Crippen LogP) is 5.23. The fourth-order valence-electron chi connectivity index (χ4n) is 3.76. The molecule has 2 aromatic carbocycles. The molecule has 0 radical (unpaired) electrons. The highest BCUT2D eigenvalue weighted by Crippen LogP contribution is 2.39. The zero-order valence-corrected chi connectivity index (χ0v) is 20.4. The summed E-state index contributed by atoms with van der Waals surface area (Å²) in [6.07, 6.45) is 1.31. The van der Waals surface area contributed by atoms with Crippen LogP contribution in [0.5, 0.6) is 11.5 Å². The minimum Gasteiger partial charge on any atom is -0.490 e. The van der Waals surface area contributed by atoms with Crippen molar-refractivity contribution in [2.45, 2.75) is 18.9 Å². The van der Waals surface area contributed by atoms with E-state index < -0.39 is 0 Å². The molecule has 0 bridgehead atoms. The van der Waals surface area contributed by atoms with Gasteiger partial charge in [-0.1, -0.05) is 33.6 Å². The van der Waals surface area contributed by atoms with E-state index in [9.17, 15) is 9.59 Å². The lowest BCUT2D eigenvalue weighted by Crippen LogP contribution is -2.37. The highest BCUT2D eigenvalue weighted by atomic mass is 79.9. The number of rotatable bonds is 8. The fourth-order valence-corrected chi connectivity index (χ4v) is 4.31. The monoisotopic (exact) mass is 536 g/mol. The Morgan fingerprint density at radius 3 is 2.70 bits per heavy atom. The lowest BCUT2D eigenvalue weighted by atomic mass is 9.82. The molecule has 0 atom stereocenters. The van der Waals surface area contributed by atoms with E-state index >= 15 is 0 Å². The third-order valence-corrected chi connectivity index (χ3v) is 6.34. The second-order valence-electron chi connectivity index (χ2n) is 7.58. The molecule has 3 aromatic rings. The van der Waals surface area contributed by atoms with Crippen molar-refractivity contribution in [3.8, 4) is 22.8 Å². The number of methoxy groups -OCH3 is 2. The first-order valence-corrected chi connectivity index (χ1v) is 11.5. The summed E-state index contributed by atoms with van der Waals surface area (Å²) in [4.78, 5) is 24.5. The Bertz CT molecular complexity index is 1230. The third kappa shape index (κ3) is 4.88. The first-order chi connectivity index (χ1) is 15.9. The van der Waals surface area contributed by atoms with Gasteiger partial charge >= 0.3 is 5.97 Å². The number of hydrogen-bond donors (Lipinski definition) is 0. The number of ether oxygens (including phenoxy) is 4. The molecule has 1 aliphatic rings. The van der Waals surface area contributed by atoms with E-state index in [0.29, 0.717) is 41.2 Å². The molecule has 33 heavy (non-hydrogen) atoms. The van der Waals surface area contributed by atoms with Crippen LogP contribution in [0.15, 0.2) is 50.1 Å². The molecule has 0 N–H and O–H groups in total. The fraction of sp³-hybridized carbons (Fsp3) is 0.333. The lowest BCUT2D eigenvalue weighted by molar-refractivity contribution is -0.155. The van der Waals surface area contributed by atoms with Crippen LogP contribution in [0.1, 0.15) is 12.8 Å². The molecule has 7 nitrogen and oxygen atoms in total. The van der Waals surface area contributed by atoms with Crippen molar-refractivity contribution in [2.75, 3.05) is 27.4 Å². The molecular weight excluding hydrogens is 516 g/mol. The summed E-state index contributed by atoms with van der Waals surface area (Å²) in [5.74, 6) is 0.494. The van der Waals surface area contributed by atoms with Gasteiger partial charge < -0.3 is 23.4 Å². The van der Waals surface area contributed by atoms with E-state index in [1.165, 1.54) is 14.2 Å². The van der Waals surface area contributed by atoms with Crippen molar-refractivity contribution >= 4 is 44.5 Å². The number of para-hydroxylation sites is 1. The number of carbonyl (C=O) groups is 1. The Morgan fingerprint density at radius 1 is 1.18 bits per heavy atom. The lowest BCUT2D eigenvalue weighted by Gasteiger charge is -2.32. The average molecular weight is 538 g/mol. The van der Waals surface area contributed by atoms with Crippen molar-refractivity contribution in [3.05, 3.63) is 56.1 Å². The zero-order valence-electron chi connectivity index (χ0n) is 18.1. The summed E-state index contributed by atoms with van der Waals surface area (Å²) in [6.45, 7) is 0.610. The largest absolute Gasteiger partial charge is 0.490 e. The Kier molecular flexibility index (Phi) is 7.26. The van der Waals surface area contributed by atoms with Gasteiger partial charge in [-0.05, 0) is 43.2 Å². The number of hydrogen-bond acceptors (Lipinski definition) is 7. The average Bonchev–Trinajstić information content (AvgIpc) is 2.78. The molecule has 0 saturated heterocycles. The van der Waals surface area contributed by atoms with E-state index in [0.717, 1.165) is 4.47 Å². The molecule has 0 spiro atoms. The molecule has 1 aliphatic carbocycles. The van der Waals surface area contributed by atoms with Gasteiger partial charge in [-0.2, -0.15) is 0 Å². The molecule has 1 fully saturated rings. The molecule has 0 unspecified atom stereocenters. The zero-order chi connectivity index (χ0) is 23.5. The summed E-state index contributed by atoms with van der Waals surface area (Å²) in [5, 5.41) is 0.661. The highest BCUT2D eigenvalue weighted by Gasteiger charge is 2.35. The first kappa shape index (κ1) is 23.6. The summed E-state index contributed by atoms with van der Waals surface area (Å²) in [7, 11) is 2.81. The van der Waals surface area contributed by atoms with Gasteiger partial charge in [0, 0.05) is 4.47 Å². The maximum absolute atomic E-state index is 13.0. The van der Waals surface area contributed by atoms with E-state index in [2.05, 4.69) is 15.9 Å². The van der Waals surface area contributed by atoms with E-state index in [1.54, 1.807) is 30.3 Å². The van der Waals surface area contributed by atoms with Crippen LogP contribution >= 0.6 is 27.5 Å². The second-order valence-corrected chi connectivity index (χ2v) is 8.91. The van der Waals surface area contributed by atoms with Crippen LogP contribution in [-0.2, 0) is 14.3 Å². The summed E-state index contributed by atoms with van der Waals surface area (Å²) in [5.41, 5.74) is 0.504. The minimum absolute atomic E-state index is 0.0143. The van der Waals surface area contributed by atoms with Gasteiger partial charge in [-0.25, -0.2) is 0 Å². The number of fused-ring (bicyclic) bond motifs is 1. The quantitative estimate of drug-likeness (QED) is 0.287. The molecule has 0 aliphatic heterocycles. The van der Waals surface area contributed by atoms with E-state index in [4.69, 9.17) is 35.0 Å². The van der Waals surface area contributed by atoms with Crippen LogP contribution in [0.2, 0.25) is 5.02 Å². The predicted molar refractivity (Wildman–Crippen MR) is 127 cm³/mol. The van der Waals surface area contributed by atoms with Gasteiger partial charge in [0.1, 0.15) is 12.4 Å². The van der Waals surface area contributed by atoms with Crippen LogP contribution in [0.4, 0.5) is 0 Å². The summed E-state index contributed by atoms with van der Waals surface area (Å²) >= 11 is 9.73.